The van der Waals surface area contributed by atoms with Crippen LogP contribution in [0.25, 0.3) is 11.1 Å². The van der Waals surface area contributed by atoms with Gasteiger partial charge in [-0.05, 0) is 41.5 Å². The lowest BCUT2D eigenvalue weighted by Gasteiger charge is -2.19. The van der Waals surface area contributed by atoms with Crippen LogP contribution >= 0.6 is 11.6 Å². The molecule has 5 nitrogen and oxygen atoms in total. The van der Waals surface area contributed by atoms with E-state index < -0.39 is 0 Å². The van der Waals surface area contributed by atoms with Crippen molar-refractivity contribution in [1.29, 1.82) is 0 Å². The van der Waals surface area contributed by atoms with E-state index in [-0.39, 0.29) is 11.7 Å². The zero-order chi connectivity index (χ0) is 18.1. The number of nitrogens with zero attached hydrogens (tertiary/aromatic N) is 1. The van der Waals surface area contributed by atoms with Gasteiger partial charge >= 0.3 is 0 Å². The molecule has 1 aliphatic rings. The number of phenols is 1. The number of rotatable bonds is 2. The van der Waals surface area contributed by atoms with Gasteiger partial charge in [0.05, 0.1) is 18.4 Å². The summed E-state index contributed by atoms with van der Waals surface area (Å²) >= 11 is 6.08. The van der Waals surface area contributed by atoms with Crippen molar-refractivity contribution in [2.24, 2.45) is 0 Å². The topological polar surface area (TPSA) is 62.9 Å². The first-order valence-corrected chi connectivity index (χ1v) is 8.56. The van der Waals surface area contributed by atoms with Crippen molar-refractivity contribution in [2.45, 2.75) is 6.54 Å². The zero-order valence-corrected chi connectivity index (χ0v) is 14.6. The second-order valence-electron chi connectivity index (χ2n) is 6.08. The molecule has 0 saturated carbocycles. The monoisotopic (exact) mass is 369 g/mol. The van der Waals surface area contributed by atoms with Crippen molar-refractivity contribution in [1.82, 2.24) is 4.90 Å². The first kappa shape index (κ1) is 16.5. The maximum absolute atomic E-state index is 12.6. The molecule has 0 fully saturated rings. The summed E-state index contributed by atoms with van der Waals surface area (Å²) in [5, 5.41) is 11.0. The van der Waals surface area contributed by atoms with E-state index in [0.717, 1.165) is 16.7 Å². The van der Waals surface area contributed by atoms with Gasteiger partial charge in [-0.3, -0.25) is 4.79 Å². The third-order valence-corrected chi connectivity index (χ3v) is 4.56. The summed E-state index contributed by atoms with van der Waals surface area (Å²) < 4.78 is 10.7. The molecule has 0 bridgehead atoms. The van der Waals surface area contributed by atoms with Gasteiger partial charge in [0.15, 0.2) is 11.5 Å². The first-order chi connectivity index (χ1) is 12.6. The highest BCUT2D eigenvalue weighted by Gasteiger charge is 2.24. The molecule has 2 aromatic carbocycles. The fourth-order valence-corrected chi connectivity index (χ4v) is 3.27. The molecule has 0 radical (unpaired) electrons. The van der Waals surface area contributed by atoms with Crippen molar-refractivity contribution >= 4 is 17.5 Å². The standard InChI is InChI=1S/C20H16ClNO4/c21-17-3-1-2-13(9-17)15-8-16-11-22(20(24)14-4-6-25-12-14)5-7-26-19(16)18(23)10-15/h1-4,6,8-10,12,23H,5,7,11H2. The molecule has 4 rings (SSSR count). The Morgan fingerprint density at radius 1 is 1.15 bits per heavy atom. The quantitative estimate of drug-likeness (QED) is 0.729. The van der Waals surface area contributed by atoms with Crippen molar-refractivity contribution in [3.8, 4) is 22.6 Å². The lowest BCUT2D eigenvalue weighted by Crippen LogP contribution is -2.32. The molecule has 0 aliphatic carbocycles. The third kappa shape index (κ3) is 3.13. The highest BCUT2D eigenvalue weighted by molar-refractivity contribution is 6.30. The molecule has 1 aromatic heterocycles. The Bertz CT molecular complexity index is 952. The minimum Gasteiger partial charge on any atom is -0.504 e. The fraction of sp³-hybridized carbons (Fsp3) is 0.150. The number of fused-ring (bicyclic) bond motifs is 1. The van der Waals surface area contributed by atoms with E-state index in [1.54, 1.807) is 23.1 Å². The lowest BCUT2D eigenvalue weighted by molar-refractivity contribution is 0.0732. The van der Waals surface area contributed by atoms with Crippen molar-refractivity contribution < 1.29 is 19.1 Å². The van der Waals surface area contributed by atoms with Gasteiger partial charge in [0.1, 0.15) is 12.9 Å². The molecule has 0 saturated heterocycles. The van der Waals surface area contributed by atoms with Crippen LogP contribution in [0, 0.1) is 0 Å². The Morgan fingerprint density at radius 2 is 2.04 bits per heavy atom. The van der Waals surface area contributed by atoms with E-state index in [1.807, 2.05) is 24.3 Å². The van der Waals surface area contributed by atoms with Crippen LogP contribution in [0.3, 0.4) is 0 Å². The summed E-state index contributed by atoms with van der Waals surface area (Å²) in [6.07, 6.45) is 2.90. The van der Waals surface area contributed by atoms with Gasteiger partial charge in [-0.2, -0.15) is 0 Å². The number of benzene rings is 2. The molecule has 132 valence electrons. The Balaban J connectivity index is 1.71. The molecule has 3 aromatic rings. The Hall–Kier alpha value is -2.92. The molecule has 0 unspecified atom stereocenters. The summed E-state index contributed by atoms with van der Waals surface area (Å²) in [6, 6.07) is 12.6. The van der Waals surface area contributed by atoms with Crippen molar-refractivity contribution in [2.75, 3.05) is 13.2 Å². The van der Waals surface area contributed by atoms with Gasteiger partial charge in [0, 0.05) is 17.1 Å². The minimum absolute atomic E-state index is 0.0510. The molecule has 1 amide bonds. The highest BCUT2D eigenvalue weighted by Crippen LogP contribution is 2.38. The minimum atomic E-state index is -0.136. The predicted octanol–water partition coefficient (Wildman–Crippen LogP) is 4.34. The maximum atomic E-state index is 12.6. The van der Waals surface area contributed by atoms with Crippen LogP contribution in [-0.4, -0.2) is 29.1 Å². The van der Waals surface area contributed by atoms with Gasteiger partial charge in [-0.25, -0.2) is 0 Å². The van der Waals surface area contributed by atoms with Crippen LogP contribution < -0.4 is 4.74 Å². The number of halogens is 1. The number of ether oxygens (including phenoxy) is 1. The second kappa shape index (κ2) is 6.77. The molecule has 1 aliphatic heterocycles. The van der Waals surface area contributed by atoms with Crippen LogP contribution in [0.5, 0.6) is 11.5 Å². The van der Waals surface area contributed by atoms with Crippen molar-refractivity contribution in [3.05, 3.63) is 71.1 Å². The normalized spacial score (nSPS) is 13.7. The van der Waals surface area contributed by atoms with Crippen LogP contribution in [0.15, 0.2) is 59.4 Å². The first-order valence-electron chi connectivity index (χ1n) is 8.18. The average Bonchev–Trinajstić information content (AvgIpc) is 3.08. The fourth-order valence-electron chi connectivity index (χ4n) is 3.08. The zero-order valence-electron chi connectivity index (χ0n) is 13.8. The molecule has 6 heteroatoms. The van der Waals surface area contributed by atoms with E-state index >= 15 is 0 Å². The number of hydrogen-bond acceptors (Lipinski definition) is 4. The second-order valence-corrected chi connectivity index (χ2v) is 6.52. The number of furan rings is 1. The molecule has 2 heterocycles. The molecule has 0 atom stereocenters. The molecule has 1 N–H and O–H groups in total. The summed E-state index contributed by atoms with van der Waals surface area (Å²) in [7, 11) is 0. The number of phenolic OH excluding ortho intramolecular Hbond substituents is 1. The van der Waals surface area contributed by atoms with Crippen LogP contribution in [0.1, 0.15) is 15.9 Å². The third-order valence-electron chi connectivity index (χ3n) is 4.33. The van der Waals surface area contributed by atoms with E-state index in [2.05, 4.69) is 0 Å². The number of carbonyl (C=O) groups excluding carboxylic acids is 1. The van der Waals surface area contributed by atoms with Crippen molar-refractivity contribution in [3.63, 3.8) is 0 Å². The summed E-state index contributed by atoms with van der Waals surface area (Å²) in [4.78, 5) is 14.3. The smallest absolute Gasteiger partial charge is 0.257 e. The Kier molecular flexibility index (Phi) is 4.31. The molecular weight excluding hydrogens is 354 g/mol. The number of hydrogen-bond donors (Lipinski definition) is 1. The van der Waals surface area contributed by atoms with Gasteiger partial charge < -0.3 is 19.2 Å². The Labute approximate surface area is 155 Å². The van der Waals surface area contributed by atoms with Crippen LogP contribution in [0.2, 0.25) is 5.02 Å². The van der Waals surface area contributed by atoms with E-state index in [1.165, 1.54) is 12.5 Å². The Morgan fingerprint density at radius 3 is 2.81 bits per heavy atom. The predicted molar refractivity (Wildman–Crippen MR) is 97.5 cm³/mol. The lowest BCUT2D eigenvalue weighted by atomic mass is 10.0. The number of carbonyl (C=O) groups is 1. The number of amides is 1. The summed E-state index contributed by atoms with van der Waals surface area (Å²) in [6.45, 7) is 1.06. The number of aromatic hydroxyl groups is 1. The molecular formula is C20H16ClNO4. The van der Waals surface area contributed by atoms with Crippen LogP contribution in [0.4, 0.5) is 0 Å². The maximum Gasteiger partial charge on any atom is 0.257 e. The van der Waals surface area contributed by atoms with Gasteiger partial charge in [-0.1, -0.05) is 23.7 Å². The highest BCUT2D eigenvalue weighted by atomic mass is 35.5. The van der Waals surface area contributed by atoms with Gasteiger partial charge in [-0.15, -0.1) is 0 Å². The van der Waals surface area contributed by atoms with Gasteiger partial charge in [0.2, 0.25) is 0 Å². The summed E-state index contributed by atoms with van der Waals surface area (Å²) in [5.41, 5.74) is 2.93. The van der Waals surface area contributed by atoms with Gasteiger partial charge in [0.25, 0.3) is 5.91 Å². The van der Waals surface area contributed by atoms with E-state index in [0.29, 0.717) is 36.0 Å². The van der Waals surface area contributed by atoms with E-state index in [9.17, 15) is 9.90 Å². The van der Waals surface area contributed by atoms with E-state index in [4.69, 9.17) is 20.8 Å². The largest absolute Gasteiger partial charge is 0.504 e. The SMILES string of the molecule is O=C(c1ccoc1)N1CCOc2c(O)cc(-c3cccc(Cl)c3)cc2C1. The molecule has 26 heavy (non-hydrogen) atoms. The summed E-state index contributed by atoms with van der Waals surface area (Å²) in [5.74, 6) is 0.330. The van der Waals surface area contributed by atoms with Crippen LogP contribution in [-0.2, 0) is 6.54 Å². The molecule has 0 spiro atoms. The average molecular weight is 370 g/mol.